The van der Waals surface area contributed by atoms with Crippen LogP contribution in [-0.2, 0) is 4.74 Å². The van der Waals surface area contributed by atoms with Crippen molar-refractivity contribution in [3.63, 3.8) is 0 Å². The highest BCUT2D eigenvalue weighted by Gasteiger charge is 2.20. The molecule has 0 aliphatic rings. The molecule has 21 heavy (non-hydrogen) atoms. The van der Waals surface area contributed by atoms with Crippen molar-refractivity contribution >= 4 is 28.5 Å². The molecule has 3 rings (SSSR count). The van der Waals surface area contributed by atoms with Gasteiger partial charge in [-0.1, -0.05) is 16.8 Å². The predicted octanol–water partition coefficient (Wildman–Crippen LogP) is 4.23. The molecule has 0 N–H and O–H groups in total. The van der Waals surface area contributed by atoms with E-state index in [9.17, 15) is 4.79 Å². The number of carbonyl (C=O) groups is 1. The number of aryl methyl sites for hydroxylation is 1. The molecule has 3 aromatic rings. The van der Waals surface area contributed by atoms with E-state index in [1.165, 1.54) is 6.07 Å². The van der Waals surface area contributed by atoms with Crippen LogP contribution in [0.3, 0.4) is 0 Å². The van der Waals surface area contributed by atoms with Crippen LogP contribution in [0.15, 0.2) is 33.2 Å². The number of hydrogen-bond acceptors (Lipinski definition) is 5. The number of hydrogen-bond donors (Lipinski definition) is 0. The molecule has 0 unspecified atom stereocenters. The zero-order chi connectivity index (χ0) is 15.0. The van der Waals surface area contributed by atoms with Crippen molar-refractivity contribution in [1.82, 2.24) is 5.16 Å². The molecule has 0 saturated heterocycles. The maximum Gasteiger partial charge on any atom is 0.360 e. The van der Waals surface area contributed by atoms with Crippen molar-refractivity contribution in [3.05, 3.63) is 40.5 Å². The number of aromatic nitrogens is 1. The summed E-state index contributed by atoms with van der Waals surface area (Å²) in [6.45, 7) is 3.90. The quantitative estimate of drug-likeness (QED) is 0.678. The highest BCUT2D eigenvalue weighted by atomic mass is 35.5. The minimum atomic E-state index is -0.524. The van der Waals surface area contributed by atoms with Crippen LogP contribution >= 0.6 is 11.6 Å². The number of ether oxygens (including phenoxy) is 1. The van der Waals surface area contributed by atoms with Crippen molar-refractivity contribution in [3.8, 4) is 11.5 Å². The average molecular weight is 306 g/mol. The topological polar surface area (TPSA) is 65.5 Å². The summed E-state index contributed by atoms with van der Waals surface area (Å²) in [6.07, 6.45) is 0. The summed E-state index contributed by atoms with van der Waals surface area (Å²) in [5.74, 6) is 0.377. The second-order valence-electron chi connectivity index (χ2n) is 4.49. The second-order valence-corrected chi connectivity index (χ2v) is 4.93. The van der Waals surface area contributed by atoms with Gasteiger partial charge in [-0.25, -0.2) is 4.79 Å². The van der Waals surface area contributed by atoms with Gasteiger partial charge in [0, 0.05) is 22.0 Å². The Kier molecular flexibility index (Phi) is 3.43. The van der Waals surface area contributed by atoms with E-state index in [1.807, 2.05) is 13.0 Å². The number of carbonyl (C=O) groups excluding carboxylic acids is 1. The Labute approximate surface area is 125 Å². The van der Waals surface area contributed by atoms with Gasteiger partial charge in [-0.15, -0.1) is 0 Å². The van der Waals surface area contributed by atoms with E-state index in [0.29, 0.717) is 22.1 Å². The molecule has 2 heterocycles. The number of benzene rings is 1. The number of esters is 1. The van der Waals surface area contributed by atoms with Crippen molar-refractivity contribution in [2.75, 3.05) is 6.61 Å². The number of nitrogens with zero attached hydrogens (tertiary/aromatic N) is 1. The Morgan fingerprint density at radius 1 is 1.38 bits per heavy atom. The van der Waals surface area contributed by atoms with Gasteiger partial charge in [0.15, 0.2) is 11.5 Å². The molecule has 0 fully saturated rings. The summed E-state index contributed by atoms with van der Waals surface area (Å²) in [6, 6.07) is 6.87. The Bertz CT molecular complexity index is 818. The van der Waals surface area contributed by atoms with Crippen LogP contribution in [0.2, 0.25) is 5.02 Å². The molecule has 2 aromatic heterocycles. The SMILES string of the molecule is CCOC(=O)c1cc(-c2oc3ccc(Cl)cc3c2C)on1. The molecule has 6 heteroatoms. The first-order chi connectivity index (χ1) is 10.1. The van der Waals surface area contributed by atoms with Crippen molar-refractivity contribution < 1.29 is 18.5 Å². The number of fused-ring (bicyclic) bond motifs is 1. The molecule has 0 aliphatic carbocycles. The van der Waals surface area contributed by atoms with Gasteiger partial charge in [-0.05, 0) is 32.0 Å². The zero-order valence-corrected chi connectivity index (χ0v) is 12.2. The molecule has 0 aliphatic heterocycles. The standard InChI is InChI=1S/C15H12ClNO4/c1-3-19-15(18)11-7-13(21-17-11)14-8(2)10-6-9(16)4-5-12(10)20-14/h4-7H,3H2,1-2H3. The fourth-order valence-corrected chi connectivity index (χ4v) is 2.28. The molecule has 108 valence electrons. The van der Waals surface area contributed by atoms with Gasteiger partial charge in [-0.2, -0.15) is 0 Å². The lowest BCUT2D eigenvalue weighted by atomic mass is 10.1. The Morgan fingerprint density at radius 3 is 2.95 bits per heavy atom. The monoisotopic (exact) mass is 305 g/mol. The zero-order valence-electron chi connectivity index (χ0n) is 11.5. The van der Waals surface area contributed by atoms with Gasteiger partial charge in [0.1, 0.15) is 5.58 Å². The summed E-state index contributed by atoms with van der Waals surface area (Å²) in [5, 5.41) is 5.23. The maximum absolute atomic E-state index is 11.6. The summed E-state index contributed by atoms with van der Waals surface area (Å²) in [7, 11) is 0. The largest absolute Gasteiger partial charge is 0.461 e. The molecule has 0 bridgehead atoms. The van der Waals surface area contributed by atoms with Gasteiger partial charge in [0.05, 0.1) is 6.61 Å². The van der Waals surface area contributed by atoms with Gasteiger partial charge in [0.25, 0.3) is 0 Å². The van der Waals surface area contributed by atoms with E-state index in [-0.39, 0.29) is 12.3 Å². The van der Waals surface area contributed by atoms with E-state index in [4.69, 9.17) is 25.3 Å². The van der Waals surface area contributed by atoms with Crippen LogP contribution in [0.25, 0.3) is 22.5 Å². The van der Waals surface area contributed by atoms with Gasteiger partial charge in [-0.3, -0.25) is 0 Å². The third-order valence-electron chi connectivity index (χ3n) is 3.12. The third-order valence-corrected chi connectivity index (χ3v) is 3.35. The first kappa shape index (κ1) is 13.7. The van der Waals surface area contributed by atoms with Crippen molar-refractivity contribution in [1.29, 1.82) is 0 Å². The third kappa shape index (κ3) is 2.40. The lowest BCUT2D eigenvalue weighted by Crippen LogP contribution is -2.04. The summed E-state index contributed by atoms with van der Waals surface area (Å²) in [4.78, 5) is 11.6. The molecule has 0 saturated carbocycles. The fraction of sp³-hybridized carbons (Fsp3) is 0.200. The molecule has 0 amide bonds. The molecule has 5 nitrogen and oxygen atoms in total. The Hall–Kier alpha value is -2.27. The molecule has 1 aromatic carbocycles. The highest BCUT2D eigenvalue weighted by Crippen LogP contribution is 2.34. The summed E-state index contributed by atoms with van der Waals surface area (Å²) >= 11 is 5.99. The van der Waals surface area contributed by atoms with Crippen LogP contribution < -0.4 is 0 Å². The molecular formula is C15H12ClNO4. The van der Waals surface area contributed by atoms with Crippen LogP contribution in [0.4, 0.5) is 0 Å². The molecular weight excluding hydrogens is 294 g/mol. The number of halogens is 1. The van der Waals surface area contributed by atoms with Crippen LogP contribution in [0.5, 0.6) is 0 Å². The predicted molar refractivity (Wildman–Crippen MR) is 77.4 cm³/mol. The van der Waals surface area contributed by atoms with Gasteiger partial charge in [0.2, 0.25) is 5.76 Å². The molecule has 0 atom stereocenters. The average Bonchev–Trinajstić information content (AvgIpc) is 3.05. The summed E-state index contributed by atoms with van der Waals surface area (Å²) < 4.78 is 15.8. The van der Waals surface area contributed by atoms with E-state index >= 15 is 0 Å². The van der Waals surface area contributed by atoms with Crippen LogP contribution in [0.1, 0.15) is 23.0 Å². The molecule has 0 radical (unpaired) electrons. The number of furan rings is 1. The maximum atomic E-state index is 11.6. The Balaban J connectivity index is 2.05. The van der Waals surface area contributed by atoms with E-state index in [2.05, 4.69) is 5.16 Å². The van der Waals surface area contributed by atoms with Gasteiger partial charge < -0.3 is 13.7 Å². The lowest BCUT2D eigenvalue weighted by molar-refractivity contribution is 0.0514. The normalized spacial score (nSPS) is 11.0. The van der Waals surface area contributed by atoms with Crippen molar-refractivity contribution in [2.45, 2.75) is 13.8 Å². The minimum absolute atomic E-state index is 0.115. The first-order valence-corrected chi connectivity index (χ1v) is 6.80. The van der Waals surface area contributed by atoms with E-state index in [1.54, 1.807) is 19.1 Å². The Morgan fingerprint density at radius 2 is 2.19 bits per heavy atom. The minimum Gasteiger partial charge on any atom is -0.461 e. The van der Waals surface area contributed by atoms with Crippen LogP contribution in [0, 0.1) is 6.92 Å². The van der Waals surface area contributed by atoms with E-state index in [0.717, 1.165) is 10.9 Å². The second kappa shape index (κ2) is 5.26. The number of rotatable bonds is 3. The van der Waals surface area contributed by atoms with E-state index < -0.39 is 5.97 Å². The smallest absolute Gasteiger partial charge is 0.360 e. The fourth-order valence-electron chi connectivity index (χ4n) is 2.11. The highest BCUT2D eigenvalue weighted by molar-refractivity contribution is 6.31. The lowest BCUT2D eigenvalue weighted by Gasteiger charge is -1.94. The first-order valence-electron chi connectivity index (χ1n) is 6.43. The molecule has 0 spiro atoms. The van der Waals surface area contributed by atoms with Crippen LogP contribution in [-0.4, -0.2) is 17.7 Å². The summed E-state index contributed by atoms with van der Waals surface area (Å²) in [5.41, 5.74) is 1.68. The van der Waals surface area contributed by atoms with Crippen molar-refractivity contribution in [2.24, 2.45) is 0 Å². The van der Waals surface area contributed by atoms with Gasteiger partial charge >= 0.3 is 5.97 Å².